The highest BCUT2D eigenvalue weighted by atomic mass is 35.5. The van der Waals surface area contributed by atoms with Gasteiger partial charge in [0.25, 0.3) is 5.69 Å². The maximum Gasteiger partial charge on any atom is 0.275 e. The lowest BCUT2D eigenvalue weighted by molar-refractivity contribution is -0.385. The average Bonchev–Trinajstić information content (AvgIpc) is 3.18. The fourth-order valence-corrected chi connectivity index (χ4v) is 2.53. The van der Waals surface area contributed by atoms with Gasteiger partial charge >= 0.3 is 0 Å². The molecule has 0 saturated heterocycles. The van der Waals surface area contributed by atoms with Crippen molar-refractivity contribution >= 4 is 17.3 Å². The second-order valence-corrected chi connectivity index (χ2v) is 5.75. The Hall–Kier alpha value is -1.85. The molecule has 3 rings (SSSR count). The molecule has 1 heterocycles. The van der Waals surface area contributed by atoms with Gasteiger partial charge in [0.1, 0.15) is 0 Å². The Morgan fingerprint density at radius 2 is 2.19 bits per heavy atom. The molecule has 1 aliphatic carbocycles. The van der Waals surface area contributed by atoms with Gasteiger partial charge in [-0.1, -0.05) is 17.7 Å². The molecule has 1 saturated carbocycles. The molecule has 5 nitrogen and oxygen atoms in total. The average molecular weight is 306 g/mol. The Bertz CT molecular complexity index is 665. The molecule has 0 unspecified atom stereocenters. The van der Waals surface area contributed by atoms with Crippen molar-refractivity contribution in [3.05, 3.63) is 62.9 Å². The number of rotatable bonds is 6. The molecule has 1 N–H and O–H groups in total. The van der Waals surface area contributed by atoms with Crippen molar-refractivity contribution in [1.29, 1.82) is 0 Å². The van der Waals surface area contributed by atoms with Gasteiger partial charge in [0.2, 0.25) is 0 Å². The lowest BCUT2D eigenvalue weighted by atomic mass is 10.2. The van der Waals surface area contributed by atoms with E-state index in [0.717, 1.165) is 6.54 Å². The molecule has 0 radical (unpaired) electrons. The Kier molecular flexibility index (Phi) is 3.94. The Balaban J connectivity index is 1.75. The van der Waals surface area contributed by atoms with Gasteiger partial charge in [-0.2, -0.15) is 0 Å². The van der Waals surface area contributed by atoms with Crippen LogP contribution in [0.3, 0.4) is 0 Å². The monoisotopic (exact) mass is 305 g/mol. The number of nitro groups is 1. The number of nitrogens with zero attached hydrogens (tertiary/aromatic N) is 2. The summed E-state index contributed by atoms with van der Waals surface area (Å²) in [5.74, 6) is 0. The van der Waals surface area contributed by atoms with Crippen molar-refractivity contribution in [3.63, 3.8) is 0 Å². The van der Waals surface area contributed by atoms with Crippen molar-refractivity contribution in [2.75, 3.05) is 0 Å². The second-order valence-electron chi connectivity index (χ2n) is 5.34. The van der Waals surface area contributed by atoms with Gasteiger partial charge < -0.3 is 9.88 Å². The maximum absolute atomic E-state index is 11.1. The smallest absolute Gasteiger partial charge is 0.275 e. The first-order valence-corrected chi connectivity index (χ1v) is 7.31. The summed E-state index contributed by atoms with van der Waals surface area (Å²) in [6, 6.07) is 7.46. The molecule has 6 heteroatoms. The topological polar surface area (TPSA) is 60.1 Å². The minimum Gasteiger partial charge on any atom is -0.349 e. The summed E-state index contributed by atoms with van der Waals surface area (Å²) < 4.78 is 1.93. The zero-order valence-corrected chi connectivity index (χ0v) is 12.2. The number of aromatic nitrogens is 1. The lowest BCUT2D eigenvalue weighted by Gasteiger charge is -2.06. The first-order chi connectivity index (χ1) is 10.1. The van der Waals surface area contributed by atoms with E-state index < -0.39 is 0 Å². The van der Waals surface area contributed by atoms with Crippen molar-refractivity contribution in [3.8, 4) is 0 Å². The van der Waals surface area contributed by atoms with Crippen molar-refractivity contribution < 1.29 is 4.92 Å². The molecule has 0 amide bonds. The second kappa shape index (κ2) is 5.87. The molecule has 1 aromatic heterocycles. The molecule has 110 valence electrons. The van der Waals surface area contributed by atoms with Gasteiger partial charge in [0.05, 0.1) is 22.1 Å². The van der Waals surface area contributed by atoms with E-state index in [1.807, 2.05) is 23.0 Å². The van der Waals surface area contributed by atoms with E-state index in [0.29, 0.717) is 23.2 Å². The van der Waals surface area contributed by atoms with Crippen LogP contribution in [-0.4, -0.2) is 15.5 Å². The van der Waals surface area contributed by atoms with Crippen molar-refractivity contribution in [2.45, 2.75) is 32.0 Å². The van der Waals surface area contributed by atoms with Crippen LogP contribution in [0.15, 0.2) is 36.7 Å². The molecule has 1 aliphatic rings. The summed E-state index contributed by atoms with van der Waals surface area (Å²) in [5.41, 5.74) is 1.78. The van der Waals surface area contributed by atoms with Crippen LogP contribution in [0.25, 0.3) is 0 Å². The molecule has 2 aromatic rings. The van der Waals surface area contributed by atoms with E-state index in [1.165, 1.54) is 24.5 Å². The molecule has 21 heavy (non-hydrogen) atoms. The zero-order valence-electron chi connectivity index (χ0n) is 11.5. The summed E-state index contributed by atoms with van der Waals surface area (Å²) in [6.45, 7) is 1.24. The standard InChI is InChI=1S/C15H16ClN3O2/c16-14-2-1-3-15(19(20)21)13(14)10-18-7-6-11(9-18)8-17-12-4-5-12/h1-3,6-7,9,12,17H,4-5,8,10H2. The molecular formula is C15H16ClN3O2. The van der Waals surface area contributed by atoms with E-state index in [1.54, 1.807) is 12.1 Å². The predicted octanol–water partition coefficient (Wildman–Crippen LogP) is 3.35. The summed E-state index contributed by atoms with van der Waals surface area (Å²) in [4.78, 5) is 10.7. The number of benzene rings is 1. The van der Waals surface area contributed by atoms with Gasteiger partial charge in [0, 0.05) is 31.0 Å². The minimum atomic E-state index is -0.389. The SMILES string of the molecule is O=[N+]([O-])c1cccc(Cl)c1Cn1ccc(CNC2CC2)c1. The first-order valence-electron chi connectivity index (χ1n) is 6.93. The maximum atomic E-state index is 11.1. The molecule has 0 bridgehead atoms. The molecule has 1 aromatic carbocycles. The fourth-order valence-electron chi connectivity index (χ4n) is 2.30. The van der Waals surface area contributed by atoms with Crippen LogP contribution in [0, 0.1) is 10.1 Å². The van der Waals surface area contributed by atoms with Gasteiger partial charge in [-0.05, 0) is 30.5 Å². The van der Waals surface area contributed by atoms with Crippen molar-refractivity contribution in [1.82, 2.24) is 9.88 Å². The highest BCUT2D eigenvalue weighted by molar-refractivity contribution is 6.31. The summed E-state index contributed by atoms with van der Waals surface area (Å²) in [7, 11) is 0. The van der Waals surface area contributed by atoms with Gasteiger partial charge in [-0.25, -0.2) is 0 Å². The summed E-state index contributed by atoms with van der Waals surface area (Å²) in [6.07, 6.45) is 6.44. The quantitative estimate of drug-likeness (QED) is 0.657. The third-order valence-corrected chi connectivity index (χ3v) is 3.97. The first kappa shape index (κ1) is 14.1. The van der Waals surface area contributed by atoms with Gasteiger partial charge in [-0.3, -0.25) is 10.1 Å². The number of nitrogens with one attached hydrogen (secondary N) is 1. The third-order valence-electron chi connectivity index (χ3n) is 3.62. The number of nitro benzene ring substituents is 1. The largest absolute Gasteiger partial charge is 0.349 e. The molecule has 0 atom stereocenters. The Morgan fingerprint density at radius 3 is 2.90 bits per heavy atom. The molecule has 0 spiro atoms. The number of hydrogen-bond donors (Lipinski definition) is 1. The van der Waals surface area contributed by atoms with E-state index in [2.05, 4.69) is 5.32 Å². The number of halogens is 1. The number of hydrogen-bond acceptors (Lipinski definition) is 3. The minimum absolute atomic E-state index is 0.0638. The fraction of sp³-hybridized carbons (Fsp3) is 0.333. The van der Waals surface area contributed by atoms with Crippen molar-refractivity contribution in [2.24, 2.45) is 0 Å². The van der Waals surface area contributed by atoms with Crippen LogP contribution in [0.5, 0.6) is 0 Å². The van der Waals surface area contributed by atoms with Gasteiger partial charge in [0.15, 0.2) is 0 Å². The van der Waals surface area contributed by atoms with Crippen LogP contribution in [-0.2, 0) is 13.1 Å². The Labute approximate surface area is 127 Å². The van der Waals surface area contributed by atoms with E-state index >= 15 is 0 Å². The normalized spacial score (nSPS) is 14.3. The third kappa shape index (κ3) is 3.43. The molecule has 1 fully saturated rings. The highest BCUT2D eigenvalue weighted by Gasteiger charge is 2.20. The lowest BCUT2D eigenvalue weighted by Crippen LogP contribution is -2.14. The van der Waals surface area contributed by atoms with Crippen LogP contribution in [0.2, 0.25) is 5.02 Å². The Morgan fingerprint density at radius 1 is 1.38 bits per heavy atom. The van der Waals surface area contributed by atoms with Crippen LogP contribution in [0.4, 0.5) is 5.69 Å². The van der Waals surface area contributed by atoms with Crippen LogP contribution < -0.4 is 5.32 Å². The highest BCUT2D eigenvalue weighted by Crippen LogP contribution is 2.27. The van der Waals surface area contributed by atoms with Crippen LogP contribution in [0.1, 0.15) is 24.0 Å². The van der Waals surface area contributed by atoms with E-state index in [9.17, 15) is 10.1 Å². The van der Waals surface area contributed by atoms with Gasteiger partial charge in [-0.15, -0.1) is 0 Å². The molecule has 0 aliphatic heterocycles. The van der Waals surface area contributed by atoms with E-state index in [4.69, 9.17) is 11.6 Å². The van der Waals surface area contributed by atoms with Crippen LogP contribution >= 0.6 is 11.6 Å². The zero-order chi connectivity index (χ0) is 14.8. The molecular weight excluding hydrogens is 290 g/mol. The van der Waals surface area contributed by atoms with E-state index in [-0.39, 0.29) is 10.6 Å². The summed E-state index contributed by atoms with van der Waals surface area (Å²) >= 11 is 6.11. The summed E-state index contributed by atoms with van der Waals surface area (Å²) in [5, 5.41) is 15.0. The predicted molar refractivity (Wildman–Crippen MR) is 81.5 cm³/mol.